The van der Waals surface area contributed by atoms with Gasteiger partial charge in [0.05, 0.1) is 13.2 Å². The van der Waals surface area contributed by atoms with Crippen molar-refractivity contribution in [2.24, 2.45) is 5.92 Å². The Balaban J connectivity index is 1.33. The summed E-state index contributed by atoms with van der Waals surface area (Å²) in [7, 11) is 0. The van der Waals surface area contributed by atoms with E-state index in [9.17, 15) is 9.59 Å². The predicted octanol–water partition coefficient (Wildman–Crippen LogP) is -0.687. The molecule has 2 atom stereocenters. The van der Waals surface area contributed by atoms with E-state index in [1.807, 2.05) is 15.5 Å². The van der Waals surface area contributed by atoms with Gasteiger partial charge in [-0.05, 0) is 28.8 Å². The minimum Gasteiger partial charge on any atom is -0.379 e. The number of morpholine rings is 1. The number of nitrogens with zero attached hydrogens (tertiary/aromatic N) is 7. The van der Waals surface area contributed by atoms with E-state index in [0.717, 1.165) is 44.0 Å². The highest BCUT2D eigenvalue weighted by molar-refractivity contribution is 5.76. The average Bonchev–Trinajstić information content (AvgIpc) is 3.24. The molecule has 0 radical (unpaired) electrons. The molecule has 3 aliphatic heterocycles. The van der Waals surface area contributed by atoms with Gasteiger partial charge in [0.25, 0.3) is 5.56 Å². The second-order valence-electron chi connectivity index (χ2n) is 8.19. The molecular weight excluding hydrogens is 374 g/mol. The monoisotopic (exact) mass is 399 g/mol. The molecule has 154 valence electrons. The number of likely N-dealkylation sites (tertiary alicyclic amines) is 1. The number of pyridine rings is 1. The van der Waals surface area contributed by atoms with Crippen LogP contribution in [0, 0.1) is 5.92 Å². The summed E-state index contributed by atoms with van der Waals surface area (Å²) in [6.07, 6.45) is 2.48. The molecule has 2 bridgehead atoms. The van der Waals surface area contributed by atoms with Crippen LogP contribution < -0.4 is 5.56 Å². The van der Waals surface area contributed by atoms with Gasteiger partial charge in [0.1, 0.15) is 12.9 Å². The highest BCUT2D eigenvalue weighted by atomic mass is 16.5. The third-order valence-electron chi connectivity index (χ3n) is 6.22. The van der Waals surface area contributed by atoms with Gasteiger partial charge >= 0.3 is 0 Å². The van der Waals surface area contributed by atoms with Gasteiger partial charge < -0.3 is 14.2 Å². The van der Waals surface area contributed by atoms with Crippen molar-refractivity contribution < 1.29 is 9.53 Å². The Kier molecular flexibility index (Phi) is 4.88. The summed E-state index contributed by atoms with van der Waals surface area (Å²) in [5.41, 5.74) is 2.02. The van der Waals surface area contributed by atoms with Crippen molar-refractivity contribution in [2.45, 2.75) is 32.0 Å². The Bertz CT molecular complexity index is 936. The summed E-state index contributed by atoms with van der Waals surface area (Å²) in [4.78, 5) is 30.0. The summed E-state index contributed by atoms with van der Waals surface area (Å²) in [5, 5.41) is 10.9. The maximum Gasteiger partial charge on any atom is 0.255 e. The van der Waals surface area contributed by atoms with Crippen molar-refractivity contribution in [3.63, 3.8) is 0 Å². The van der Waals surface area contributed by atoms with E-state index in [2.05, 4.69) is 26.5 Å². The lowest BCUT2D eigenvalue weighted by Crippen LogP contribution is -2.50. The molecule has 0 unspecified atom stereocenters. The molecule has 2 aromatic heterocycles. The number of aromatic nitrogens is 5. The Morgan fingerprint density at radius 2 is 2.03 bits per heavy atom. The number of tetrazole rings is 1. The Morgan fingerprint density at radius 1 is 1.17 bits per heavy atom. The molecule has 10 nitrogen and oxygen atoms in total. The van der Waals surface area contributed by atoms with Crippen LogP contribution in [0.1, 0.15) is 23.6 Å². The maximum absolute atomic E-state index is 13.1. The normalized spacial score (nSPS) is 24.3. The van der Waals surface area contributed by atoms with Crippen LogP contribution in [0.4, 0.5) is 0 Å². The van der Waals surface area contributed by atoms with E-state index in [0.29, 0.717) is 32.1 Å². The highest BCUT2D eigenvalue weighted by Gasteiger charge is 2.36. The molecule has 29 heavy (non-hydrogen) atoms. The maximum atomic E-state index is 13.1. The number of ether oxygens (including phenoxy) is 1. The fourth-order valence-corrected chi connectivity index (χ4v) is 4.81. The van der Waals surface area contributed by atoms with Gasteiger partial charge in [0, 0.05) is 56.4 Å². The summed E-state index contributed by atoms with van der Waals surface area (Å²) in [6.45, 7) is 6.00. The smallest absolute Gasteiger partial charge is 0.255 e. The number of hydrogen-bond donors (Lipinski definition) is 0. The quantitative estimate of drug-likeness (QED) is 0.671. The Labute approximate surface area is 168 Å². The SMILES string of the molecule is O=C(Cn1cnnn1)N1C[C@@H]2C[C@H](C1)c1ccc(CN3CCOCC3)c(=O)n1C2. The largest absolute Gasteiger partial charge is 0.379 e. The molecule has 0 aliphatic carbocycles. The van der Waals surface area contributed by atoms with Crippen LogP contribution in [0.2, 0.25) is 0 Å². The van der Waals surface area contributed by atoms with E-state index in [1.54, 1.807) is 0 Å². The van der Waals surface area contributed by atoms with E-state index in [1.165, 1.54) is 11.0 Å². The van der Waals surface area contributed by atoms with E-state index in [4.69, 9.17) is 4.74 Å². The number of carbonyl (C=O) groups excluding carboxylic acids is 1. The molecule has 2 aromatic rings. The lowest BCUT2D eigenvalue weighted by atomic mass is 9.83. The van der Waals surface area contributed by atoms with Crippen molar-refractivity contribution in [1.82, 2.24) is 34.6 Å². The molecule has 0 aromatic carbocycles. The van der Waals surface area contributed by atoms with Gasteiger partial charge in [0.2, 0.25) is 5.91 Å². The molecule has 5 rings (SSSR count). The van der Waals surface area contributed by atoms with Gasteiger partial charge in [-0.2, -0.15) is 0 Å². The van der Waals surface area contributed by atoms with Crippen LogP contribution in [-0.2, 0) is 29.2 Å². The third-order valence-corrected chi connectivity index (χ3v) is 6.22. The molecule has 0 saturated carbocycles. The number of amides is 1. The standard InChI is InChI=1S/C19H25N7O3/c27-18(12-25-13-20-21-22-25)24-8-14-7-16(11-24)17-2-1-15(19(28)26(17)9-14)10-23-3-5-29-6-4-23/h1-2,13-14,16H,3-12H2/t14-,16+/m0/s1. The van der Waals surface area contributed by atoms with Gasteiger partial charge in [0.15, 0.2) is 0 Å². The first-order valence-corrected chi connectivity index (χ1v) is 10.2. The van der Waals surface area contributed by atoms with Crippen molar-refractivity contribution in [3.05, 3.63) is 40.1 Å². The first kappa shape index (κ1) is 18.4. The zero-order chi connectivity index (χ0) is 19.8. The molecule has 2 saturated heterocycles. The topological polar surface area (TPSA) is 98.4 Å². The molecule has 2 fully saturated rings. The summed E-state index contributed by atoms with van der Waals surface area (Å²) >= 11 is 0. The molecular formula is C19H25N7O3. The molecule has 1 amide bonds. The van der Waals surface area contributed by atoms with Crippen LogP contribution in [0.15, 0.2) is 23.3 Å². The second-order valence-corrected chi connectivity index (χ2v) is 8.19. The molecule has 0 N–H and O–H groups in total. The third kappa shape index (κ3) is 3.69. The molecule has 3 aliphatic rings. The Morgan fingerprint density at radius 3 is 2.83 bits per heavy atom. The van der Waals surface area contributed by atoms with Crippen LogP contribution in [-0.4, -0.2) is 79.9 Å². The minimum atomic E-state index is 0.0201. The zero-order valence-corrected chi connectivity index (χ0v) is 16.3. The number of rotatable bonds is 4. The summed E-state index contributed by atoms with van der Waals surface area (Å²) in [6, 6.07) is 4.07. The summed E-state index contributed by atoms with van der Waals surface area (Å²) < 4.78 is 8.80. The number of carbonyl (C=O) groups is 1. The minimum absolute atomic E-state index is 0.0201. The van der Waals surface area contributed by atoms with Crippen molar-refractivity contribution >= 4 is 5.91 Å². The lowest BCUT2D eigenvalue weighted by Gasteiger charge is -2.43. The van der Waals surface area contributed by atoms with E-state index in [-0.39, 0.29) is 23.9 Å². The van der Waals surface area contributed by atoms with Crippen LogP contribution in [0.5, 0.6) is 0 Å². The highest BCUT2D eigenvalue weighted by Crippen LogP contribution is 2.35. The zero-order valence-electron chi connectivity index (χ0n) is 16.3. The number of fused-ring (bicyclic) bond motifs is 4. The summed E-state index contributed by atoms with van der Waals surface area (Å²) in [5.74, 6) is 0.521. The first-order chi connectivity index (χ1) is 14.2. The molecule has 10 heteroatoms. The van der Waals surface area contributed by atoms with Gasteiger partial charge in [-0.1, -0.05) is 6.07 Å². The van der Waals surface area contributed by atoms with Gasteiger partial charge in [-0.15, -0.1) is 5.10 Å². The predicted molar refractivity (Wildman–Crippen MR) is 102 cm³/mol. The van der Waals surface area contributed by atoms with Gasteiger partial charge in [-0.25, -0.2) is 4.68 Å². The van der Waals surface area contributed by atoms with Crippen LogP contribution in [0.3, 0.4) is 0 Å². The van der Waals surface area contributed by atoms with Crippen LogP contribution in [0.25, 0.3) is 0 Å². The number of hydrogen-bond acceptors (Lipinski definition) is 7. The Hall–Kier alpha value is -2.59. The van der Waals surface area contributed by atoms with E-state index >= 15 is 0 Å². The van der Waals surface area contributed by atoms with Crippen molar-refractivity contribution in [1.29, 1.82) is 0 Å². The molecule has 0 spiro atoms. The average molecular weight is 399 g/mol. The van der Waals surface area contributed by atoms with Crippen molar-refractivity contribution in [2.75, 3.05) is 39.4 Å². The van der Waals surface area contributed by atoms with Crippen LogP contribution >= 0.6 is 0 Å². The van der Waals surface area contributed by atoms with E-state index < -0.39 is 0 Å². The fourth-order valence-electron chi connectivity index (χ4n) is 4.81. The van der Waals surface area contributed by atoms with Crippen molar-refractivity contribution in [3.8, 4) is 0 Å². The first-order valence-electron chi connectivity index (χ1n) is 10.2. The fraction of sp³-hybridized carbons (Fsp3) is 0.632. The second kappa shape index (κ2) is 7.68. The number of piperidine rings is 1. The van der Waals surface area contributed by atoms with Gasteiger partial charge in [-0.3, -0.25) is 14.5 Å². The molecule has 5 heterocycles. The lowest BCUT2D eigenvalue weighted by molar-refractivity contribution is -0.134.